The number of rotatable bonds is 5. The molecule has 8 heteroatoms. The average molecular weight is 430 g/mol. The average Bonchev–Trinajstić information content (AvgIpc) is 2.67. The van der Waals surface area contributed by atoms with Crippen molar-refractivity contribution in [1.82, 2.24) is 9.97 Å². The number of ether oxygens (including phenoxy) is 1. The van der Waals surface area contributed by atoms with Gasteiger partial charge in [0.1, 0.15) is 5.82 Å². The minimum atomic E-state index is -0.726. The van der Waals surface area contributed by atoms with Crippen molar-refractivity contribution in [2.75, 3.05) is 11.9 Å². The standard InChI is InChI=1S/C19H13BrFN3O3/c20-12-5-7-15(14(21)9-12)24-18(25)11-27-19(26)8-6-13-10-22-16-3-1-2-4-17(16)23-13/h1-10H,11H2,(H,24,25)/b8-6+. The van der Waals surface area contributed by atoms with Crippen LogP contribution in [0.3, 0.4) is 0 Å². The second-order valence-electron chi connectivity index (χ2n) is 5.40. The number of benzene rings is 2. The second-order valence-corrected chi connectivity index (χ2v) is 6.31. The Morgan fingerprint density at radius 2 is 1.96 bits per heavy atom. The molecule has 1 heterocycles. The minimum absolute atomic E-state index is 0.00114. The van der Waals surface area contributed by atoms with Crippen LogP contribution in [0.5, 0.6) is 0 Å². The molecule has 136 valence electrons. The van der Waals surface area contributed by atoms with E-state index in [9.17, 15) is 14.0 Å². The zero-order chi connectivity index (χ0) is 19.2. The molecule has 0 aliphatic carbocycles. The summed E-state index contributed by atoms with van der Waals surface area (Å²) in [5, 5.41) is 2.33. The van der Waals surface area contributed by atoms with Gasteiger partial charge in [0.25, 0.3) is 5.91 Å². The number of para-hydroxylation sites is 2. The van der Waals surface area contributed by atoms with Gasteiger partial charge in [0.05, 0.1) is 28.6 Å². The molecule has 0 spiro atoms. The Balaban J connectivity index is 1.53. The maximum Gasteiger partial charge on any atom is 0.331 e. The predicted octanol–water partition coefficient (Wildman–Crippen LogP) is 3.73. The number of nitrogens with zero attached hydrogens (tertiary/aromatic N) is 2. The summed E-state index contributed by atoms with van der Waals surface area (Å²) in [6, 6.07) is 11.5. The lowest BCUT2D eigenvalue weighted by Gasteiger charge is -2.06. The van der Waals surface area contributed by atoms with Crippen LogP contribution in [-0.4, -0.2) is 28.5 Å². The molecule has 1 aromatic heterocycles. The van der Waals surface area contributed by atoms with E-state index in [1.54, 1.807) is 6.07 Å². The third-order valence-electron chi connectivity index (χ3n) is 3.41. The molecule has 3 rings (SSSR count). The molecule has 1 amide bonds. The normalized spacial score (nSPS) is 10.9. The molecule has 0 atom stereocenters. The van der Waals surface area contributed by atoms with Crippen molar-refractivity contribution in [1.29, 1.82) is 0 Å². The number of nitrogens with one attached hydrogen (secondary N) is 1. The van der Waals surface area contributed by atoms with E-state index >= 15 is 0 Å². The first-order valence-electron chi connectivity index (χ1n) is 7.83. The van der Waals surface area contributed by atoms with Crippen LogP contribution >= 0.6 is 15.9 Å². The van der Waals surface area contributed by atoms with Crippen molar-refractivity contribution >= 4 is 50.6 Å². The Morgan fingerprint density at radius 1 is 1.19 bits per heavy atom. The maximum absolute atomic E-state index is 13.7. The lowest BCUT2D eigenvalue weighted by Crippen LogP contribution is -2.20. The van der Waals surface area contributed by atoms with E-state index in [0.29, 0.717) is 15.7 Å². The summed E-state index contributed by atoms with van der Waals surface area (Å²) in [7, 11) is 0. The summed E-state index contributed by atoms with van der Waals surface area (Å²) in [4.78, 5) is 32.1. The molecule has 1 N–H and O–H groups in total. The van der Waals surface area contributed by atoms with Crippen LogP contribution in [0.4, 0.5) is 10.1 Å². The third-order valence-corrected chi connectivity index (χ3v) is 3.90. The highest BCUT2D eigenvalue weighted by Crippen LogP contribution is 2.19. The summed E-state index contributed by atoms with van der Waals surface area (Å²) >= 11 is 3.12. The topological polar surface area (TPSA) is 81.2 Å². The lowest BCUT2D eigenvalue weighted by atomic mass is 10.3. The molecule has 0 radical (unpaired) electrons. The molecule has 0 saturated carbocycles. The molecular formula is C19H13BrFN3O3. The summed E-state index contributed by atoms with van der Waals surface area (Å²) in [6.45, 7) is -0.540. The van der Waals surface area contributed by atoms with Crippen LogP contribution in [0.1, 0.15) is 5.69 Å². The number of amides is 1. The molecule has 2 aromatic carbocycles. The van der Waals surface area contributed by atoms with E-state index < -0.39 is 24.3 Å². The number of esters is 1. The first-order chi connectivity index (χ1) is 13.0. The van der Waals surface area contributed by atoms with Gasteiger partial charge in [-0.1, -0.05) is 28.1 Å². The molecule has 0 saturated heterocycles. The molecule has 6 nitrogen and oxygen atoms in total. The Hall–Kier alpha value is -3.13. The monoisotopic (exact) mass is 429 g/mol. The number of fused-ring (bicyclic) bond motifs is 1. The summed E-state index contributed by atoms with van der Waals surface area (Å²) in [5.74, 6) is -1.97. The van der Waals surface area contributed by atoms with Crippen LogP contribution in [0.25, 0.3) is 17.1 Å². The molecule has 0 bridgehead atoms. The van der Waals surface area contributed by atoms with Crippen LogP contribution in [0.2, 0.25) is 0 Å². The molecule has 27 heavy (non-hydrogen) atoms. The number of halogens is 2. The first-order valence-corrected chi connectivity index (χ1v) is 8.62. The molecular weight excluding hydrogens is 417 g/mol. The van der Waals surface area contributed by atoms with E-state index in [2.05, 4.69) is 31.2 Å². The van der Waals surface area contributed by atoms with Gasteiger partial charge in [-0.25, -0.2) is 14.2 Å². The fraction of sp³-hybridized carbons (Fsp3) is 0.0526. The smallest absolute Gasteiger partial charge is 0.331 e. The Bertz CT molecular complexity index is 1040. The second kappa shape index (κ2) is 8.50. The number of anilines is 1. The number of aromatic nitrogens is 2. The predicted molar refractivity (Wildman–Crippen MR) is 102 cm³/mol. The molecule has 0 unspecified atom stereocenters. The zero-order valence-corrected chi connectivity index (χ0v) is 15.4. The third kappa shape index (κ3) is 5.18. The van der Waals surface area contributed by atoms with Gasteiger partial charge in [-0.2, -0.15) is 0 Å². The van der Waals surface area contributed by atoms with Crippen molar-refractivity contribution in [3.63, 3.8) is 0 Å². The highest BCUT2D eigenvalue weighted by atomic mass is 79.9. The number of hydrogen-bond donors (Lipinski definition) is 1. The molecule has 0 aliphatic heterocycles. The van der Waals surface area contributed by atoms with E-state index in [-0.39, 0.29) is 5.69 Å². The Labute approximate surface area is 162 Å². The van der Waals surface area contributed by atoms with Crippen molar-refractivity contribution < 1.29 is 18.7 Å². The van der Waals surface area contributed by atoms with Crippen molar-refractivity contribution in [3.8, 4) is 0 Å². The van der Waals surface area contributed by atoms with Crippen LogP contribution in [0, 0.1) is 5.82 Å². The van der Waals surface area contributed by atoms with Gasteiger partial charge in [-0.3, -0.25) is 9.78 Å². The fourth-order valence-electron chi connectivity index (χ4n) is 2.17. The summed E-state index contributed by atoms with van der Waals surface area (Å²) in [6.07, 6.45) is 4.11. The van der Waals surface area contributed by atoms with E-state index in [0.717, 1.165) is 11.6 Å². The van der Waals surface area contributed by atoms with Gasteiger partial charge in [-0.05, 0) is 36.4 Å². The number of carbonyl (C=O) groups excluding carboxylic acids is 2. The van der Waals surface area contributed by atoms with Gasteiger partial charge in [0.2, 0.25) is 0 Å². The van der Waals surface area contributed by atoms with Crippen molar-refractivity contribution in [2.24, 2.45) is 0 Å². The highest BCUT2D eigenvalue weighted by Gasteiger charge is 2.09. The Morgan fingerprint density at radius 3 is 2.74 bits per heavy atom. The van der Waals surface area contributed by atoms with E-state index in [1.165, 1.54) is 24.4 Å². The maximum atomic E-state index is 13.7. The first kappa shape index (κ1) is 18.7. The van der Waals surface area contributed by atoms with E-state index in [1.807, 2.05) is 24.3 Å². The summed E-state index contributed by atoms with van der Waals surface area (Å²) < 4.78 is 19.0. The number of carbonyl (C=O) groups is 2. The zero-order valence-electron chi connectivity index (χ0n) is 13.9. The SMILES string of the molecule is O=C(COC(=O)/C=C/c1cnc2ccccc2n1)Nc1ccc(Br)cc1F. The highest BCUT2D eigenvalue weighted by molar-refractivity contribution is 9.10. The van der Waals surface area contributed by atoms with E-state index in [4.69, 9.17) is 4.74 Å². The van der Waals surface area contributed by atoms with Crippen LogP contribution in [0.15, 0.2) is 59.2 Å². The van der Waals surface area contributed by atoms with Crippen molar-refractivity contribution in [2.45, 2.75) is 0 Å². The summed E-state index contributed by atoms with van der Waals surface area (Å²) in [5.41, 5.74) is 1.92. The number of hydrogen-bond acceptors (Lipinski definition) is 5. The largest absolute Gasteiger partial charge is 0.452 e. The van der Waals surface area contributed by atoms with Crippen molar-refractivity contribution in [3.05, 3.63) is 70.7 Å². The van der Waals surface area contributed by atoms with Gasteiger partial charge in [0.15, 0.2) is 6.61 Å². The fourth-order valence-corrected chi connectivity index (χ4v) is 2.50. The Kier molecular flexibility index (Phi) is 5.87. The quantitative estimate of drug-likeness (QED) is 0.493. The van der Waals surface area contributed by atoms with Crippen LogP contribution < -0.4 is 5.32 Å². The lowest BCUT2D eigenvalue weighted by molar-refractivity contribution is -0.142. The van der Waals surface area contributed by atoms with Crippen LogP contribution in [-0.2, 0) is 14.3 Å². The van der Waals surface area contributed by atoms with Gasteiger partial charge >= 0.3 is 5.97 Å². The van der Waals surface area contributed by atoms with Gasteiger partial charge in [-0.15, -0.1) is 0 Å². The van der Waals surface area contributed by atoms with Gasteiger partial charge in [0, 0.05) is 10.5 Å². The molecule has 0 fully saturated rings. The molecule has 3 aromatic rings. The van der Waals surface area contributed by atoms with Gasteiger partial charge < -0.3 is 10.1 Å². The minimum Gasteiger partial charge on any atom is -0.452 e. The molecule has 0 aliphatic rings.